The molecule has 0 spiro atoms. The van der Waals surface area contributed by atoms with Gasteiger partial charge in [0, 0.05) is 18.0 Å². The molecule has 1 saturated carbocycles. The molecule has 2 rings (SSSR count). The third kappa shape index (κ3) is 1.62. The Labute approximate surface area is 77.4 Å². The third-order valence-corrected chi connectivity index (χ3v) is 2.66. The maximum absolute atomic E-state index is 5.96. The summed E-state index contributed by atoms with van der Waals surface area (Å²) in [6.45, 7) is 0. The van der Waals surface area contributed by atoms with Gasteiger partial charge >= 0.3 is 0 Å². The second-order valence-corrected chi connectivity index (χ2v) is 3.57. The molecule has 1 aliphatic rings. The lowest BCUT2D eigenvalue weighted by atomic mass is 10.00. The summed E-state index contributed by atoms with van der Waals surface area (Å²) in [6, 6.07) is 2.07. The van der Waals surface area contributed by atoms with Crippen molar-refractivity contribution in [3.63, 3.8) is 0 Å². The van der Waals surface area contributed by atoms with Gasteiger partial charge in [-0.1, -0.05) is 6.42 Å². The van der Waals surface area contributed by atoms with E-state index in [2.05, 4.69) is 9.97 Å². The van der Waals surface area contributed by atoms with Crippen molar-refractivity contribution in [2.45, 2.75) is 31.2 Å². The quantitative estimate of drug-likeness (QED) is 0.662. The molecule has 1 fully saturated rings. The van der Waals surface area contributed by atoms with Gasteiger partial charge in [0.1, 0.15) is 12.1 Å². The van der Waals surface area contributed by atoms with Gasteiger partial charge in [0.25, 0.3) is 0 Å². The van der Waals surface area contributed by atoms with E-state index >= 15 is 0 Å². The van der Waals surface area contributed by atoms with Gasteiger partial charge in [0.15, 0.2) is 0 Å². The van der Waals surface area contributed by atoms with E-state index in [1.165, 1.54) is 12.7 Å². The summed E-state index contributed by atoms with van der Waals surface area (Å²) >= 11 is 0. The third-order valence-electron chi connectivity index (χ3n) is 2.66. The summed E-state index contributed by atoms with van der Waals surface area (Å²) in [5, 5.41) is 0. The van der Waals surface area contributed by atoms with Crippen molar-refractivity contribution in [3.05, 3.63) is 18.1 Å². The van der Waals surface area contributed by atoms with Crippen LogP contribution in [0.1, 0.15) is 30.9 Å². The lowest BCUT2D eigenvalue weighted by Gasteiger charge is -2.14. The van der Waals surface area contributed by atoms with Crippen LogP contribution >= 0.6 is 0 Å². The summed E-state index contributed by atoms with van der Waals surface area (Å²) in [4.78, 5) is 8.06. The molecule has 2 unspecified atom stereocenters. The van der Waals surface area contributed by atoms with Gasteiger partial charge in [-0.2, -0.15) is 0 Å². The minimum absolute atomic E-state index is 0.245. The molecular formula is C9H14N4. The van der Waals surface area contributed by atoms with Gasteiger partial charge in [-0.3, -0.25) is 0 Å². The number of aromatic nitrogens is 2. The van der Waals surface area contributed by atoms with Crippen molar-refractivity contribution < 1.29 is 0 Å². The zero-order chi connectivity index (χ0) is 9.26. The molecule has 13 heavy (non-hydrogen) atoms. The lowest BCUT2D eigenvalue weighted by molar-refractivity contribution is 0.597. The van der Waals surface area contributed by atoms with E-state index in [-0.39, 0.29) is 6.04 Å². The normalized spacial score (nSPS) is 27.8. The molecule has 1 aromatic heterocycles. The van der Waals surface area contributed by atoms with Crippen LogP contribution in [0, 0.1) is 0 Å². The standard InChI is InChI=1S/C9H14N4/c10-7-3-1-2-6(7)8-4-9(11)13-5-12-8/h4-7H,1-3,10H2,(H2,11,12,13). The van der Waals surface area contributed by atoms with Crippen LogP contribution in [0.15, 0.2) is 12.4 Å². The molecule has 0 aromatic carbocycles. The van der Waals surface area contributed by atoms with Crippen LogP contribution in [0.4, 0.5) is 5.82 Å². The molecule has 1 aliphatic carbocycles. The Hall–Kier alpha value is -1.16. The van der Waals surface area contributed by atoms with Gasteiger partial charge in [0.05, 0.1) is 5.69 Å². The zero-order valence-electron chi connectivity index (χ0n) is 7.48. The minimum Gasteiger partial charge on any atom is -0.384 e. The Bertz CT molecular complexity index is 299. The van der Waals surface area contributed by atoms with Crippen LogP contribution in [0.3, 0.4) is 0 Å². The van der Waals surface area contributed by atoms with Crippen LogP contribution in [0.5, 0.6) is 0 Å². The summed E-state index contributed by atoms with van der Waals surface area (Å²) in [5.41, 5.74) is 12.5. The fourth-order valence-corrected chi connectivity index (χ4v) is 1.95. The van der Waals surface area contributed by atoms with Crippen LogP contribution in [0.2, 0.25) is 0 Å². The average Bonchev–Trinajstić information content (AvgIpc) is 2.51. The number of anilines is 1. The average molecular weight is 178 g/mol. The highest BCUT2D eigenvalue weighted by atomic mass is 14.9. The summed E-state index contributed by atoms with van der Waals surface area (Å²) in [5.74, 6) is 0.911. The Morgan fingerprint density at radius 3 is 2.77 bits per heavy atom. The molecule has 0 amide bonds. The van der Waals surface area contributed by atoms with E-state index in [0.29, 0.717) is 11.7 Å². The fraction of sp³-hybridized carbons (Fsp3) is 0.556. The molecule has 4 nitrogen and oxygen atoms in total. The summed E-state index contributed by atoms with van der Waals surface area (Å²) in [7, 11) is 0. The first-order chi connectivity index (χ1) is 6.27. The largest absolute Gasteiger partial charge is 0.384 e. The summed E-state index contributed by atoms with van der Waals surface area (Å²) in [6.07, 6.45) is 4.91. The highest BCUT2D eigenvalue weighted by Crippen LogP contribution is 2.32. The van der Waals surface area contributed by atoms with Gasteiger partial charge in [-0.05, 0) is 12.8 Å². The Kier molecular flexibility index (Phi) is 2.14. The lowest BCUT2D eigenvalue weighted by Crippen LogP contribution is -2.23. The molecule has 0 aliphatic heterocycles. The SMILES string of the molecule is Nc1cc(C2CCCC2N)ncn1. The summed E-state index contributed by atoms with van der Waals surface area (Å²) < 4.78 is 0. The molecule has 4 heteroatoms. The number of nitrogen functional groups attached to an aromatic ring is 1. The number of rotatable bonds is 1. The zero-order valence-corrected chi connectivity index (χ0v) is 7.48. The Morgan fingerprint density at radius 2 is 2.15 bits per heavy atom. The van der Waals surface area contributed by atoms with E-state index in [0.717, 1.165) is 18.5 Å². The van der Waals surface area contributed by atoms with Gasteiger partial charge < -0.3 is 11.5 Å². The molecule has 1 heterocycles. The Morgan fingerprint density at radius 1 is 1.31 bits per heavy atom. The van der Waals surface area contributed by atoms with E-state index in [1.807, 2.05) is 6.07 Å². The predicted molar refractivity (Wildman–Crippen MR) is 51.0 cm³/mol. The predicted octanol–water partition coefficient (Wildman–Crippen LogP) is 0.654. The first-order valence-electron chi connectivity index (χ1n) is 4.60. The van der Waals surface area contributed by atoms with Gasteiger partial charge in [0.2, 0.25) is 0 Å². The van der Waals surface area contributed by atoms with E-state index in [9.17, 15) is 0 Å². The van der Waals surface area contributed by atoms with Crippen molar-refractivity contribution in [2.75, 3.05) is 5.73 Å². The molecular weight excluding hydrogens is 164 g/mol. The molecule has 70 valence electrons. The first kappa shape index (κ1) is 8.44. The van der Waals surface area contributed by atoms with Crippen LogP contribution in [-0.2, 0) is 0 Å². The maximum atomic E-state index is 5.96. The van der Waals surface area contributed by atoms with Crippen LogP contribution in [0.25, 0.3) is 0 Å². The molecule has 1 aromatic rings. The number of nitrogens with zero attached hydrogens (tertiary/aromatic N) is 2. The highest BCUT2D eigenvalue weighted by molar-refractivity contribution is 5.30. The molecule has 4 N–H and O–H groups in total. The number of hydrogen-bond donors (Lipinski definition) is 2. The smallest absolute Gasteiger partial charge is 0.127 e. The Balaban J connectivity index is 2.24. The number of hydrogen-bond acceptors (Lipinski definition) is 4. The van der Waals surface area contributed by atoms with E-state index in [4.69, 9.17) is 11.5 Å². The molecule has 0 bridgehead atoms. The van der Waals surface area contributed by atoms with Crippen LogP contribution < -0.4 is 11.5 Å². The van der Waals surface area contributed by atoms with Crippen molar-refractivity contribution in [1.82, 2.24) is 9.97 Å². The van der Waals surface area contributed by atoms with Crippen molar-refractivity contribution in [3.8, 4) is 0 Å². The van der Waals surface area contributed by atoms with E-state index in [1.54, 1.807) is 0 Å². The molecule has 2 atom stereocenters. The monoisotopic (exact) mass is 178 g/mol. The molecule has 0 saturated heterocycles. The van der Waals surface area contributed by atoms with E-state index < -0.39 is 0 Å². The fourth-order valence-electron chi connectivity index (χ4n) is 1.95. The second kappa shape index (κ2) is 3.30. The van der Waals surface area contributed by atoms with Crippen LogP contribution in [-0.4, -0.2) is 16.0 Å². The van der Waals surface area contributed by atoms with Crippen molar-refractivity contribution in [2.24, 2.45) is 5.73 Å². The number of nitrogens with two attached hydrogens (primary N) is 2. The van der Waals surface area contributed by atoms with Gasteiger partial charge in [-0.25, -0.2) is 9.97 Å². The van der Waals surface area contributed by atoms with Crippen molar-refractivity contribution in [1.29, 1.82) is 0 Å². The maximum Gasteiger partial charge on any atom is 0.127 e. The topological polar surface area (TPSA) is 77.8 Å². The second-order valence-electron chi connectivity index (χ2n) is 3.57. The minimum atomic E-state index is 0.245. The molecule has 0 radical (unpaired) electrons. The first-order valence-corrected chi connectivity index (χ1v) is 4.60. The van der Waals surface area contributed by atoms with Crippen molar-refractivity contribution >= 4 is 5.82 Å². The highest BCUT2D eigenvalue weighted by Gasteiger charge is 2.26. The van der Waals surface area contributed by atoms with Gasteiger partial charge in [-0.15, -0.1) is 0 Å².